The van der Waals surface area contributed by atoms with Crippen LogP contribution in [0.1, 0.15) is 89.2 Å². The number of nitrogens with two attached hydrogens (primary N) is 6. The van der Waals surface area contributed by atoms with E-state index < -0.39 is 124 Å². The number of nitrogens with one attached hydrogen (secondary N) is 17. The number of hydrogen-bond acceptors (Lipinski definition) is 18. The van der Waals surface area contributed by atoms with Crippen molar-refractivity contribution in [1.82, 2.24) is 68.5 Å². The number of anilines is 1. The van der Waals surface area contributed by atoms with Crippen molar-refractivity contribution < 1.29 is 51.9 Å². The molecule has 3 rings (SSSR count). The second kappa shape index (κ2) is 36.4. The lowest BCUT2D eigenvalue weighted by molar-refractivity contribution is -0.137. The molecule has 30 N–H and O–H groups in total. The number of sulfonamides is 1. The highest BCUT2D eigenvalue weighted by molar-refractivity contribution is 7.89. The van der Waals surface area contributed by atoms with Crippen LogP contribution in [-0.4, -0.2) is 155 Å². The van der Waals surface area contributed by atoms with E-state index in [1.807, 2.05) is 41.0 Å². The van der Waals surface area contributed by atoms with Gasteiger partial charge in [-0.1, -0.05) is 106 Å². The first-order valence-electron chi connectivity index (χ1n) is 27.8. The topological polar surface area (TPSA) is 602 Å². The molecule has 8 atom stereocenters. The minimum atomic E-state index is -4.26. The molecule has 0 aromatic heterocycles. The lowest BCUT2D eigenvalue weighted by Gasteiger charge is -2.28. The van der Waals surface area contributed by atoms with Gasteiger partial charge in [0.05, 0.1) is 4.90 Å². The van der Waals surface area contributed by atoms with Gasteiger partial charge < -0.3 is 103 Å². The molecule has 0 heterocycles. The molecule has 0 saturated carbocycles. The Morgan fingerprint density at radius 1 is 0.545 bits per heavy atom. The molecular formula is C52H84N24O11S. The molecule has 3 aromatic rings. The van der Waals surface area contributed by atoms with E-state index in [2.05, 4.69) is 59.5 Å². The third-order valence-electron chi connectivity index (χ3n) is 12.8. The van der Waals surface area contributed by atoms with Gasteiger partial charge in [0, 0.05) is 56.1 Å². The highest BCUT2D eigenvalue weighted by atomic mass is 32.2. The van der Waals surface area contributed by atoms with Crippen LogP contribution in [0.25, 0.3) is 10.8 Å². The molecule has 0 saturated heterocycles. The molecule has 88 heavy (non-hydrogen) atoms. The Balaban J connectivity index is 1.87. The van der Waals surface area contributed by atoms with Gasteiger partial charge in [-0.3, -0.25) is 65.3 Å². The van der Waals surface area contributed by atoms with Gasteiger partial charge in [0.1, 0.15) is 6.04 Å². The third-order valence-corrected chi connectivity index (χ3v) is 14.3. The van der Waals surface area contributed by atoms with Gasteiger partial charge in [0.25, 0.3) is 35.4 Å². The minimum absolute atomic E-state index is 0.0307. The van der Waals surface area contributed by atoms with Crippen molar-refractivity contribution in [3.05, 3.63) is 72.3 Å². The van der Waals surface area contributed by atoms with Crippen molar-refractivity contribution in [2.45, 2.75) is 132 Å². The normalized spacial score (nSPS) is 13.8. The average Bonchev–Trinajstić information content (AvgIpc) is 0.994. The number of carbonyl (C=O) groups excluding carboxylic acids is 8. The number of hydrogen-bond donors (Lipinski definition) is 24. The Kier molecular flexibility index (Phi) is 30.0. The van der Waals surface area contributed by atoms with Crippen molar-refractivity contribution in [3.8, 4) is 0 Å². The summed E-state index contributed by atoms with van der Waals surface area (Å²) in [6.07, 6.45) is -3.71. The maximum atomic E-state index is 14.3. The molecule has 3 aromatic carbocycles. The summed E-state index contributed by atoms with van der Waals surface area (Å²) in [6.45, 7) is 2.09. The number of carbonyl (C=O) groups is 8. The Morgan fingerprint density at radius 2 is 1.02 bits per heavy atom. The standard InChI is InChI=1S/C52H84N24O11S/c1-4-5-6-7-8-9-13-25-34(77)63-26-15-14-20-29(27-64-88(86,87)33-24-17-21-30-31(33)22-16-23-32(30)76(2)3)65-47(84)48(85)66-35(28-18-11-10-12-19-28)42(79)68-39(73-50(57)58)44(81)70-41(75-52(61)62)46(83)71-40(74-51(59)60)45(82)69-38(72-49(55)56)43(80)67-36(53)37(54)78/h10-12,16-19,21-24,29,35-36,38-41,47,64-65,84H,4-9,13-15,20,25-27,53H2,1-3H3,(H2,54,78)(H,63,77)(H,66,85)(H,67,80)(H,68,79)(H,69,82)(H,70,81)(H,71,83)(H4,55,56,72)(H4,57,58,73)(H4,59,60,74)(H4,61,62,75). The van der Waals surface area contributed by atoms with Crippen LogP contribution in [0.3, 0.4) is 0 Å². The number of aliphatic hydroxyl groups is 1. The van der Waals surface area contributed by atoms with E-state index in [4.69, 9.17) is 56.0 Å². The minimum Gasteiger partial charge on any atom is -0.377 e. The molecule has 0 aliphatic heterocycles. The third kappa shape index (κ3) is 25.1. The average molecular weight is 1250 g/mol. The van der Waals surface area contributed by atoms with Crippen molar-refractivity contribution in [2.75, 3.05) is 32.1 Å². The zero-order chi connectivity index (χ0) is 65.7. The van der Waals surface area contributed by atoms with E-state index in [0.29, 0.717) is 36.6 Å². The van der Waals surface area contributed by atoms with Crippen LogP contribution in [0.4, 0.5) is 5.69 Å². The second-order valence-corrected chi connectivity index (χ2v) is 21.8. The summed E-state index contributed by atoms with van der Waals surface area (Å²) in [7, 11) is -0.619. The number of aliphatic hydroxyl groups excluding tert-OH is 1. The summed E-state index contributed by atoms with van der Waals surface area (Å²) < 4.78 is 30.7. The molecule has 484 valence electrons. The molecule has 36 heteroatoms. The van der Waals surface area contributed by atoms with Crippen LogP contribution in [0.15, 0.2) is 71.6 Å². The summed E-state index contributed by atoms with van der Waals surface area (Å²) >= 11 is 0. The summed E-state index contributed by atoms with van der Waals surface area (Å²) in [5, 5.41) is 70.2. The molecule has 0 bridgehead atoms. The lowest BCUT2D eigenvalue weighted by Crippen LogP contribution is -2.69. The fraction of sp³-hybridized carbons (Fsp3) is 0.462. The number of guanidine groups is 4. The fourth-order valence-electron chi connectivity index (χ4n) is 8.46. The van der Waals surface area contributed by atoms with Gasteiger partial charge in [-0.2, -0.15) is 0 Å². The number of unbranched alkanes of at least 4 members (excludes halogenated alkanes) is 7. The number of fused-ring (bicyclic) bond motifs is 1. The van der Waals surface area contributed by atoms with Gasteiger partial charge in [-0.15, -0.1) is 0 Å². The molecule has 0 radical (unpaired) electrons. The summed E-state index contributed by atoms with van der Waals surface area (Å²) in [6, 6.07) is 14.7. The van der Waals surface area contributed by atoms with Crippen LogP contribution in [0, 0.1) is 21.6 Å². The van der Waals surface area contributed by atoms with E-state index in [1.54, 1.807) is 30.3 Å². The predicted molar refractivity (Wildman–Crippen MR) is 326 cm³/mol. The summed E-state index contributed by atoms with van der Waals surface area (Å²) in [5.74, 6) is -13.1. The summed E-state index contributed by atoms with van der Waals surface area (Å²) in [4.78, 5) is 108. The first-order valence-corrected chi connectivity index (χ1v) is 29.3. The molecule has 0 aliphatic rings. The Morgan fingerprint density at radius 3 is 1.52 bits per heavy atom. The molecule has 8 amide bonds. The zero-order valence-corrected chi connectivity index (χ0v) is 49.8. The van der Waals surface area contributed by atoms with E-state index in [9.17, 15) is 51.9 Å². The first kappa shape index (κ1) is 72.6. The van der Waals surface area contributed by atoms with E-state index >= 15 is 0 Å². The molecular weight excluding hydrogens is 1170 g/mol. The Labute approximate surface area is 508 Å². The highest BCUT2D eigenvalue weighted by Crippen LogP contribution is 2.30. The molecule has 0 aliphatic carbocycles. The van der Waals surface area contributed by atoms with Crippen LogP contribution in [0.5, 0.6) is 0 Å². The maximum Gasteiger partial charge on any atom is 0.265 e. The Bertz CT molecular complexity index is 3050. The first-order chi connectivity index (χ1) is 41.5. The number of rotatable bonds is 38. The van der Waals surface area contributed by atoms with Gasteiger partial charge in [0.2, 0.25) is 21.8 Å². The quantitative estimate of drug-likeness (QED) is 0.0110. The van der Waals surface area contributed by atoms with Crippen LogP contribution in [-0.2, 0) is 48.4 Å². The van der Waals surface area contributed by atoms with Crippen molar-refractivity contribution in [3.63, 3.8) is 0 Å². The van der Waals surface area contributed by atoms with E-state index in [-0.39, 0.29) is 29.3 Å². The molecule has 0 fully saturated rings. The van der Waals surface area contributed by atoms with Crippen molar-refractivity contribution in [1.29, 1.82) is 21.6 Å². The molecule has 0 spiro atoms. The second-order valence-electron chi connectivity index (χ2n) is 20.1. The molecule has 8 unspecified atom stereocenters. The van der Waals surface area contributed by atoms with Crippen LogP contribution >= 0.6 is 0 Å². The van der Waals surface area contributed by atoms with Crippen LogP contribution in [0.2, 0.25) is 0 Å². The smallest absolute Gasteiger partial charge is 0.265 e. The number of nitrogens with zero attached hydrogens (tertiary/aromatic N) is 1. The number of benzene rings is 3. The monoisotopic (exact) mass is 1250 g/mol. The predicted octanol–water partition coefficient (Wildman–Crippen LogP) is -5.67. The maximum absolute atomic E-state index is 14.3. The Hall–Kier alpha value is -9.65. The largest absolute Gasteiger partial charge is 0.377 e. The van der Waals surface area contributed by atoms with Gasteiger partial charge >= 0.3 is 0 Å². The lowest BCUT2D eigenvalue weighted by atomic mass is 10.1. The SMILES string of the molecule is CCCCCCCCCC(=O)NCCCCC(CNS(=O)(=O)c1cccc2c(N(C)C)cccc12)NC(O)C(=O)NC(C(=O)NC(NC(=N)N)C(=O)NC(NC(=N)N)C(=O)NC(NC(=N)N)C(=O)NC(NC(=N)N)C(=O)NC(N)C(N)=O)c1ccccc1. The number of amides is 8. The number of primary amides is 1. The fourth-order valence-corrected chi connectivity index (χ4v) is 9.76. The van der Waals surface area contributed by atoms with Crippen LogP contribution < -0.4 is 108 Å². The highest BCUT2D eigenvalue weighted by Gasteiger charge is 2.35. The van der Waals surface area contributed by atoms with Gasteiger partial charge in [-0.25, -0.2) is 13.1 Å². The zero-order valence-electron chi connectivity index (χ0n) is 49.0. The van der Waals surface area contributed by atoms with Gasteiger partial charge in [-0.05, 0) is 37.0 Å². The molecule has 35 nitrogen and oxygen atoms in total. The van der Waals surface area contributed by atoms with E-state index in [0.717, 1.165) is 44.2 Å². The summed E-state index contributed by atoms with van der Waals surface area (Å²) in [5.41, 5.74) is 33.2. The van der Waals surface area contributed by atoms with Crippen molar-refractivity contribution in [2.24, 2.45) is 34.4 Å². The van der Waals surface area contributed by atoms with E-state index in [1.165, 1.54) is 36.8 Å². The van der Waals surface area contributed by atoms with Gasteiger partial charge in [0.15, 0.2) is 60.9 Å². The van der Waals surface area contributed by atoms with Crippen molar-refractivity contribution >= 4 is 97.6 Å².